The van der Waals surface area contributed by atoms with Crippen molar-refractivity contribution in [3.8, 4) is 0 Å². The van der Waals surface area contributed by atoms with E-state index in [0.29, 0.717) is 18.5 Å². The first-order chi connectivity index (χ1) is 12.1. The van der Waals surface area contributed by atoms with Gasteiger partial charge in [0.25, 0.3) is 5.91 Å². The van der Waals surface area contributed by atoms with Crippen LogP contribution in [0.2, 0.25) is 0 Å². The molecule has 2 aromatic rings. The van der Waals surface area contributed by atoms with Gasteiger partial charge in [-0.2, -0.15) is 0 Å². The Labute approximate surface area is 149 Å². The molecule has 0 unspecified atom stereocenters. The molecule has 0 saturated heterocycles. The zero-order valence-electron chi connectivity index (χ0n) is 14.9. The zero-order chi connectivity index (χ0) is 17.8. The molecule has 0 atom stereocenters. The smallest absolute Gasteiger partial charge is 0.253 e. The van der Waals surface area contributed by atoms with Crippen molar-refractivity contribution in [2.75, 3.05) is 18.5 Å². The van der Waals surface area contributed by atoms with Gasteiger partial charge in [-0.25, -0.2) is 0 Å². The number of nitrogens with zero attached hydrogens (tertiary/aromatic N) is 2. The van der Waals surface area contributed by atoms with Gasteiger partial charge in [-0.1, -0.05) is 43.7 Å². The Morgan fingerprint density at radius 3 is 2.64 bits per heavy atom. The van der Waals surface area contributed by atoms with Gasteiger partial charge in [-0.15, -0.1) is 0 Å². The third-order valence-electron chi connectivity index (χ3n) is 4.64. The highest BCUT2D eigenvalue weighted by atomic mass is 16.2. The molecule has 2 aromatic carbocycles. The molecule has 1 aliphatic heterocycles. The van der Waals surface area contributed by atoms with Crippen LogP contribution in [-0.2, 0) is 17.8 Å². The quantitative estimate of drug-likeness (QED) is 0.808. The molecule has 3 rings (SSSR count). The highest BCUT2D eigenvalue weighted by Gasteiger charge is 2.28. The second kappa shape index (κ2) is 7.51. The number of carbonyl (C=O) groups is 2. The van der Waals surface area contributed by atoms with Crippen LogP contribution in [0.15, 0.2) is 48.5 Å². The summed E-state index contributed by atoms with van der Waals surface area (Å²) in [6.45, 7) is 3.43. The molecule has 0 aromatic heterocycles. The van der Waals surface area contributed by atoms with E-state index >= 15 is 0 Å². The number of carbonyl (C=O) groups excluding carboxylic acids is 2. The van der Waals surface area contributed by atoms with E-state index < -0.39 is 0 Å². The van der Waals surface area contributed by atoms with Gasteiger partial charge in [0, 0.05) is 24.8 Å². The monoisotopic (exact) mass is 336 g/mol. The fraction of sp³-hybridized carbons (Fsp3) is 0.333. The van der Waals surface area contributed by atoms with Crippen LogP contribution in [0, 0.1) is 0 Å². The summed E-state index contributed by atoms with van der Waals surface area (Å²) in [7, 11) is 1.83. The van der Waals surface area contributed by atoms with Gasteiger partial charge in [0.1, 0.15) is 0 Å². The molecule has 0 saturated carbocycles. The van der Waals surface area contributed by atoms with Crippen molar-refractivity contribution >= 4 is 17.5 Å². The highest BCUT2D eigenvalue weighted by molar-refractivity contribution is 6.03. The van der Waals surface area contributed by atoms with E-state index in [0.717, 1.165) is 36.2 Å². The molecule has 0 spiro atoms. The molecule has 25 heavy (non-hydrogen) atoms. The molecular weight excluding hydrogens is 312 g/mol. The van der Waals surface area contributed by atoms with E-state index in [-0.39, 0.29) is 11.8 Å². The van der Waals surface area contributed by atoms with Crippen molar-refractivity contribution in [1.29, 1.82) is 0 Å². The maximum atomic E-state index is 12.5. The summed E-state index contributed by atoms with van der Waals surface area (Å²) in [5, 5.41) is 0. The van der Waals surface area contributed by atoms with Gasteiger partial charge in [0.2, 0.25) is 5.91 Å². The van der Waals surface area contributed by atoms with Crippen molar-refractivity contribution in [2.45, 2.75) is 32.7 Å². The van der Waals surface area contributed by atoms with Gasteiger partial charge in [0.05, 0.1) is 13.0 Å². The Bertz CT molecular complexity index is 771. The molecule has 130 valence electrons. The predicted octanol–water partition coefficient (Wildman–Crippen LogP) is 3.65. The molecule has 0 fully saturated rings. The Morgan fingerprint density at radius 1 is 1.16 bits per heavy atom. The van der Waals surface area contributed by atoms with Crippen LogP contribution >= 0.6 is 0 Å². The lowest BCUT2D eigenvalue weighted by molar-refractivity contribution is -0.117. The topological polar surface area (TPSA) is 40.6 Å². The average molecular weight is 336 g/mol. The van der Waals surface area contributed by atoms with Crippen LogP contribution in [0.4, 0.5) is 5.69 Å². The molecular formula is C21H24N2O2. The van der Waals surface area contributed by atoms with Gasteiger partial charge in [-0.3, -0.25) is 9.59 Å². The van der Waals surface area contributed by atoms with Crippen molar-refractivity contribution in [1.82, 2.24) is 4.90 Å². The van der Waals surface area contributed by atoms with E-state index in [1.165, 1.54) is 0 Å². The molecule has 2 amide bonds. The minimum Gasteiger partial charge on any atom is -0.342 e. The molecule has 0 bridgehead atoms. The van der Waals surface area contributed by atoms with Gasteiger partial charge in [-0.05, 0) is 35.7 Å². The van der Waals surface area contributed by atoms with Crippen molar-refractivity contribution in [2.24, 2.45) is 0 Å². The molecule has 1 aliphatic rings. The molecule has 0 N–H and O–H groups in total. The summed E-state index contributed by atoms with van der Waals surface area (Å²) >= 11 is 0. The van der Waals surface area contributed by atoms with Gasteiger partial charge < -0.3 is 9.80 Å². The summed E-state index contributed by atoms with van der Waals surface area (Å²) in [5.74, 6) is 0.105. The van der Waals surface area contributed by atoms with E-state index in [2.05, 4.69) is 6.92 Å². The van der Waals surface area contributed by atoms with E-state index in [1.54, 1.807) is 9.80 Å². The van der Waals surface area contributed by atoms with Crippen LogP contribution in [0.5, 0.6) is 0 Å². The fourth-order valence-corrected chi connectivity index (χ4v) is 3.17. The highest BCUT2D eigenvalue weighted by Crippen LogP contribution is 2.31. The Morgan fingerprint density at radius 2 is 1.92 bits per heavy atom. The molecule has 1 heterocycles. The van der Waals surface area contributed by atoms with Crippen LogP contribution < -0.4 is 4.90 Å². The Kier molecular flexibility index (Phi) is 5.17. The Balaban J connectivity index is 1.79. The minimum absolute atomic E-state index is 0.0187. The first-order valence-electron chi connectivity index (χ1n) is 8.83. The number of amides is 2. The number of hydrogen-bond donors (Lipinski definition) is 0. The zero-order valence-corrected chi connectivity index (χ0v) is 14.9. The number of benzene rings is 2. The van der Waals surface area contributed by atoms with E-state index in [9.17, 15) is 9.59 Å². The van der Waals surface area contributed by atoms with Crippen LogP contribution in [-0.4, -0.2) is 30.3 Å². The van der Waals surface area contributed by atoms with Crippen molar-refractivity contribution in [3.05, 3.63) is 65.2 Å². The van der Waals surface area contributed by atoms with Crippen LogP contribution in [0.3, 0.4) is 0 Å². The standard InChI is InChI=1S/C21H24N2O2/c1-3-4-12-22(2)21(25)17-10-11-19-18(13-17)14-20(24)23(19)15-16-8-6-5-7-9-16/h5-11,13H,3-4,12,14-15H2,1-2H3. The molecule has 4 nitrogen and oxygen atoms in total. The molecule has 4 heteroatoms. The summed E-state index contributed by atoms with van der Waals surface area (Å²) in [6.07, 6.45) is 2.42. The SMILES string of the molecule is CCCCN(C)C(=O)c1ccc2c(c1)CC(=O)N2Cc1ccccc1. The summed E-state index contributed by atoms with van der Waals surface area (Å²) in [6, 6.07) is 15.6. The fourth-order valence-electron chi connectivity index (χ4n) is 3.17. The van der Waals surface area contributed by atoms with E-state index in [1.807, 2.05) is 55.6 Å². The predicted molar refractivity (Wildman–Crippen MR) is 99.6 cm³/mol. The second-order valence-corrected chi connectivity index (χ2v) is 6.57. The largest absolute Gasteiger partial charge is 0.342 e. The lowest BCUT2D eigenvalue weighted by Gasteiger charge is -2.19. The number of fused-ring (bicyclic) bond motifs is 1. The Hall–Kier alpha value is -2.62. The molecule has 0 aliphatic carbocycles. The lowest BCUT2D eigenvalue weighted by Crippen LogP contribution is -2.27. The maximum Gasteiger partial charge on any atom is 0.253 e. The third-order valence-corrected chi connectivity index (χ3v) is 4.64. The second-order valence-electron chi connectivity index (χ2n) is 6.57. The first kappa shape index (κ1) is 17.2. The number of anilines is 1. The normalized spacial score (nSPS) is 13.0. The number of unbranched alkanes of at least 4 members (excludes halogenated alkanes) is 1. The van der Waals surface area contributed by atoms with E-state index in [4.69, 9.17) is 0 Å². The van der Waals surface area contributed by atoms with Gasteiger partial charge in [0.15, 0.2) is 0 Å². The summed E-state index contributed by atoms with van der Waals surface area (Å²) in [5.41, 5.74) is 3.62. The summed E-state index contributed by atoms with van der Waals surface area (Å²) < 4.78 is 0. The van der Waals surface area contributed by atoms with Crippen LogP contribution in [0.1, 0.15) is 41.3 Å². The number of hydrogen-bond acceptors (Lipinski definition) is 2. The van der Waals surface area contributed by atoms with Gasteiger partial charge >= 0.3 is 0 Å². The van der Waals surface area contributed by atoms with Crippen LogP contribution in [0.25, 0.3) is 0 Å². The maximum absolute atomic E-state index is 12.5. The lowest BCUT2D eigenvalue weighted by atomic mass is 10.1. The summed E-state index contributed by atoms with van der Waals surface area (Å²) in [4.78, 5) is 28.5. The number of rotatable bonds is 6. The minimum atomic E-state index is 0.0187. The average Bonchev–Trinajstić information content (AvgIpc) is 2.94. The first-order valence-corrected chi connectivity index (χ1v) is 8.83. The molecule has 0 radical (unpaired) electrons. The third kappa shape index (κ3) is 3.73. The van der Waals surface area contributed by atoms with Crippen molar-refractivity contribution in [3.63, 3.8) is 0 Å². The van der Waals surface area contributed by atoms with Crippen molar-refractivity contribution < 1.29 is 9.59 Å².